The van der Waals surface area contributed by atoms with Crippen molar-refractivity contribution in [1.29, 1.82) is 0 Å². The number of ketones is 1. The van der Waals surface area contributed by atoms with E-state index in [1.807, 2.05) is 18.2 Å². The Kier molecular flexibility index (Phi) is 7.92. The topological polar surface area (TPSA) is 72.5 Å². The SMILES string of the molecule is O=C(Cc1cc(-c2cccc(NCC3CCOCC3)c2)c(Cl)cn1)[C@H]1CNCCOC1. The first-order chi connectivity index (χ1) is 15.2. The molecule has 0 saturated carbocycles. The molecule has 0 aliphatic carbocycles. The van der Waals surface area contributed by atoms with Gasteiger partial charge in [0, 0.05) is 62.4 Å². The molecule has 2 fully saturated rings. The molecule has 6 nitrogen and oxygen atoms in total. The molecule has 1 aromatic heterocycles. The number of hydrogen-bond acceptors (Lipinski definition) is 6. The van der Waals surface area contributed by atoms with E-state index in [-0.39, 0.29) is 18.1 Å². The van der Waals surface area contributed by atoms with Gasteiger partial charge in [-0.2, -0.15) is 0 Å². The summed E-state index contributed by atoms with van der Waals surface area (Å²) in [6, 6.07) is 10.2. The molecule has 0 unspecified atom stereocenters. The highest BCUT2D eigenvalue weighted by Crippen LogP contribution is 2.30. The summed E-state index contributed by atoms with van der Waals surface area (Å²) in [7, 11) is 0. The van der Waals surface area contributed by atoms with Crippen LogP contribution in [0, 0.1) is 11.8 Å². The molecule has 0 radical (unpaired) electrons. The van der Waals surface area contributed by atoms with Gasteiger partial charge in [0.05, 0.1) is 24.2 Å². The van der Waals surface area contributed by atoms with E-state index in [2.05, 4.69) is 27.8 Å². The lowest BCUT2D eigenvalue weighted by molar-refractivity contribution is -0.123. The third-order valence-corrected chi connectivity index (χ3v) is 6.27. The highest BCUT2D eigenvalue weighted by molar-refractivity contribution is 6.33. The van der Waals surface area contributed by atoms with Crippen LogP contribution in [-0.4, -0.2) is 56.8 Å². The van der Waals surface area contributed by atoms with Crippen molar-refractivity contribution in [2.24, 2.45) is 11.8 Å². The number of benzene rings is 1. The lowest BCUT2D eigenvalue weighted by atomic mass is 9.98. The zero-order chi connectivity index (χ0) is 21.5. The maximum atomic E-state index is 12.7. The van der Waals surface area contributed by atoms with Crippen LogP contribution in [0.2, 0.25) is 5.02 Å². The minimum atomic E-state index is -0.138. The van der Waals surface area contributed by atoms with Crippen molar-refractivity contribution >= 4 is 23.1 Å². The molecule has 1 aromatic carbocycles. The molecule has 2 N–H and O–H groups in total. The number of carbonyl (C=O) groups excluding carboxylic acids is 1. The highest BCUT2D eigenvalue weighted by Gasteiger charge is 2.21. The van der Waals surface area contributed by atoms with Crippen molar-refractivity contribution in [3.05, 3.63) is 47.2 Å². The molecule has 3 heterocycles. The van der Waals surface area contributed by atoms with Crippen molar-refractivity contribution in [2.75, 3.05) is 51.4 Å². The third kappa shape index (κ3) is 6.26. The second-order valence-electron chi connectivity index (χ2n) is 8.29. The van der Waals surface area contributed by atoms with Gasteiger partial charge in [-0.05, 0) is 42.5 Å². The summed E-state index contributed by atoms with van der Waals surface area (Å²) >= 11 is 6.48. The average Bonchev–Trinajstić information content (AvgIpc) is 3.10. The minimum absolute atomic E-state index is 0.138. The predicted molar refractivity (Wildman–Crippen MR) is 123 cm³/mol. The van der Waals surface area contributed by atoms with E-state index in [0.717, 1.165) is 61.7 Å². The van der Waals surface area contributed by atoms with Crippen LogP contribution in [0.25, 0.3) is 11.1 Å². The summed E-state index contributed by atoms with van der Waals surface area (Å²) in [5.74, 6) is 0.644. The van der Waals surface area contributed by atoms with Crippen molar-refractivity contribution in [3.8, 4) is 11.1 Å². The number of rotatable bonds is 7. The summed E-state index contributed by atoms with van der Waals surface area (Å²) in [5.41, 5.74) is 3.70. The van der Waals surface area contributed by atoms with Gasteiger partial charge in [-0.3, -0.25) is 9.78 Å². The number of halogens is 1. The summed E-state index contributed by atoms with van der Waals surface area (Å²) in [4.78, 5) is 17.1. The maximum absolute atomic E-state index is 12.7. The van der Waals surface area contributed by atoms with Gasteiger partial charge in [-0.15, -0.1) is 0 Å². The van der Waals surface area contributed by atoms with E-state index >= 15 is 0 Å². The monoisotopic (exact) mass is 443 g/mol. The number of carbonyl (C=O) groups is 1. The molecule has 2 aromatic rings. The largest absolute Gasteiger partial charge is 0.385 e. The normalized spacial score (nSPS) is 20.2. The zero-order valence-corrected chi connectivity index (χ0v) is 18.5. The van der Waals surface area contributed by atoms with Crippen LogP contribution in [0.3, 0.4) is 0 Å². The molecule has 2 saturated heterocycles. The Morgan fingerprint density at radius 1 is 1.19 bits per heavy atom. The van der Waals surface area contributed by atoms with Crippen LogP contribution in [0.4, 0.5) is 5.69 Å². The molecule has 0 bridgehead atoms. The molecule has 31 heavy (non-hydrogen) atoms. The maximum Gasteiger partial charge on any atom is 0.145 e. The minimum Gasteiger partial charge on any atom is -0.385 e. The third-order valence-electron chi connectivity index (χ3n) is 5.96. The first kappa shape index (κ1) is 22.2. The van der Waals surface area contributed by atoms with E-state index in [9.17, 15) is 4.79 Å². The van der Waals surface area contributed by atoms with Gasteiger partial charge in [-0.1, -0.05) is 23.7 Å². The van der Waals surface area contributed by atoms with Crippen molar-refractivity contribution in [3.63, 3.8) is 0 Å². The van der Waals surface area contributed by atoms with Gasteiger partial charge >= 0.3 is 0 Å². The molecule has 2 aliphatic rings. The van der Waals surface area contributed by atoms with Gasteiger partial charge in [-0.25, -0.2) is 0 Å². The predicted octanol–water partition coefficient (Wildman–Crippen LogP) is 3.59. The Labute approximate surface area is 188 Å². The van der Waals surface area contributed by atoms with Crippen molar-refractivity contribution < 1.29 is 14.3 Å². The zero-order valence-electron chi connectivity index (χ0n) is 17.7. The van der Waals surface area contributed by atoms with Gasteiger partial charge in [0.2, 0.25) is 0 Å². The van der Waals surface area contributed by atoms with Gasteiger partial charge in [0.25, 0.3) is 0 Å². The summed E-state index contributed by atoms with van der Waals surface area (Å²) in [5, 5.41) is 7.38. The second kappa shape index (κ2) is 11.0. The van der Waals surface area contributed by atoms with Gasteiger partial charge < -0.3 is 20.1 Å². The first-order valence-corrected chi connectivity index (χ1v) is 11.4. The van der Waals surface area contributed by atoms with E-state index in [1.165, 1.54) is 0 Å². The number of pyridine rings is 1. The molecule has 0 amide bonds. The number of nitrogens with one attached hydrogen (secondary N) is 2. The van der Waals surface area contributed by atoms with Crippen LogP contribution in [-0.2, 0) is 20.7 Å². The van der Waals surface area contributed by atoms with E-state index in [0.29, 0.717) is 30.7 Å². The fourth-order valence-electron chi connectivity index (χ4n) is 4.04. The molecule has 0 spiro atoms. The number of ether oxygens (including phenoxy) is 2. The standard InChI is InChI=1S/C24H30ClN3O3/c25-23-15-28-21(12-24(29)19-14-26-6-9-31-16-19)11-22(23)18-2-1-3-20(10-18)27-13-17-4-7-30-8-5-17/h1-3,10-11,15,17,19,26-27H,4-9,12-14,16H2/t19-/m0/s1. The van der Waals surface area contributed by atoms with Crippen LogP contribution < -0.4 is 10.6 Å². The molecule has 166 valence electrons. The molecule has 1 atom stereocenters. The van der Waals surface area contributed by atoms with Crippen molar-refractivity contribution in [1.82, 2.24) is 10.3 Å². The first-order valence-electron chi connectivity index (χ1n) is 11.1. The van der Waals surface area contributed by atoms with Crippen LogP contribution in [0.15, 0.2) is 36.5 Å². The summed E-state index contributed by atoms with van der Waals surface area (Å²) in [6.45, 7) is 5.19. The number of Topliss-reactive ketones (excluding diaryl/α,β-unsaturated/α-hetero) is 1. The summed E-state index contributed by atoms with van der Waals surface area (Å²) in [6.07, 6.45) is 4.12. The fraction of sp³-hybridized carbons (Fsp3) is 0.500. The van der Waals surface area contributed by atoms with Crippen LogP contribution in [0.5, 0.6) is 0 Å². The van der Waals surface area contributed by atoms with E-state index in [4.69, 9.17) is 21.1 Å². The Morgan fingerprint density at radius 2 is 2.06 bits per heavy atom. The number of hydrogen-bond donors (Lipinski definition) is 2. The lowest BCUT2D eigenvalue weighted by Crippen LogP contribution is -2.30. The molecular formula is C24H30ClN3O3. The number of anilines is 1. The van der Waals surface area contributed by atoms with Crippen molar-refractivity contribution in [2.45, 2.75) is 19.3 Å². The highest BCUT2D eigenvalue weighted by atomic mass is 35.5. The molecular weight excluding hydrogens is 414 g/mol. The average molecular weight is 444 g/mol. The fourth-order valence-corrected chi connectivity index (χ4v) is 4.26. The van der Waals surface area contributed by atoms with Crippen LogP contribution >= 0.6 is 11.6 Å². The molecule has 7 heteroatoms. The molecule has 4 rings (SSSR count). The van der Waals surface area contributed by atoms with E-state index < -0.39 is 0 Å². The second-order valence-corrected chi connectivity index (χ2v) is 8.70. The Balaban J connectivity index is 1.44. The Hall–Kier alpha value is -1.99. The number of aromatic nitrogens is 1. The molecule has 2 aliphatic heterocycles. The van der Waals surface area contributed by atoms with Gasteiger partial charge in [0.15, 0.2) is 0 Å². The van der Waals surface area contributed by atoms with E-state index in [1.54, 1.807) is 6.20 Å². The summed E-state index contributed by atoms with van der Waals surface area (Å²) < 4.78 is 11.0. The quantitative estimate of drug-likeness (QED) is 0.681. The Morgan fingerprint density at radius 3 is 2.94 bits per heavy atom. The lowest BCUT2D eigenvalue weighted by Gasteiger charge is -2.22. The van der Waals surface area contributed by atoms with Gasteiger partial charge in [0.1, 0.15) is 5.78 Å². The number of nitrogens with zero attached hydrogens (tertiary/aromatic N) is 1. The smallest absolute Gasteiger partial charge is 0.145 e. The Bertz CT molecular complexity index is 878. The van der Waals surface area contributed by atoms with Crippen LogP contribution in [0.1, 0.15) is 18.5 Å².